The van der Waals surface area contributed by atoms with Gasteiger partial charge in [-0.2, -0.15) is 0 Å². The van der Waals surface area contributed by atoms with Crippen molar-refractivity contribution in [3.05, 3.63) is 0 Å². The zero-order valence-electron chi connectivity index (χ0n) is 6.65. The van der Waals surface area contributed by atoms with Crippen LogP contribution in [0.3, 0.4) is 0 Å². The minimum Gasteiger partial charge on any atom is -0.120 e. The van der Waals surface area contributed by atoms with E-state index in [-0.39, 0.29) is 0 Å². The fraction of sp³-hybridized carbons (Fsp3) is 0.778. The summed E-state index contributed by atoms with van der Waals surface area (Å²) < 4.78 is 0. The molecule has 0 heteroatoms. The predicted molar refractivity (Wildman–Crippen MR) is 42.1 cm³/mol. The van der Waals surface area contributed by atoms with Crippen LogP contribution in [-0.4, -0.2) is 0 Å². The van der Waals surface area contributed by atoms with E-state index in [0.717, 1.165) is 12.3 Å². The van der Waals surface area contributed by atoms with Gasteiger partial charge in [-0.05, 0) is 18.8 Å². The molecule has 0 aliphatic rings. The van der Waals surface area contributed by atoms with E-state index in [0.29, 0.717) is 5.92 Å². The highest BCUT2D eigenvalue weighted by molar-refractivity contribution is 4.92. The van der Waals surface area contributed by atoms with Gasteiger partial charge >= 0.3 is 0 Å². The third-order valence-electron chi connectivity index (χ3n) is 1.48. The van der Waals surface area contributed by atoms with Crippen LogP contribution in [-0.2, 0) is 0 Å². The van der Waals surface area contributed by atoms with Crippen molar-refractivity contribution in [3.63, 3.8) is 0 Å². The van der Waals surface area contributed by atoms with Crippen molar-refractivity contribution in [1.29, 1.82) is 0 Å². The Morgan fingerprint density at radius 3 is 2.11 bits per heavy atom. The van der Waals surface area contributed by atoms with Crippen LogP contribution in [0.1, 0.15) is 33.6 Å². The Balaban J connectivity index is 3.47. The highest BCUT2D eigenvalue weighted by Crippen LogP contribution is 2.12. The molecular weight excluding hydrogens is 108 g/mol. The third kappa shape index (κ3) is 4.09. The van der Waals surface area contributed by atoms with Crippen LogP contribution in [0.4, 0.5) is 0 Å². The van der Waals surface area contributed by atoms with E-state index in [2.05, 4.69) is 26.7 Å². The molecule has 0 aromatic heterocycles. The molecule has 0 aliphatic carbocycles. The predicted octanol–water partition coefficient (Wildman–Crippen LogP) is 2.69. The lowest BCUT2D eigenvalue weighted by Gasteiger charge is -2.09. The van der Waals surface area contributed by atoms with Gasteiger partial charge in [0.2, 0.25) is 0 Å². The lowest BCUT2D eigenvalue weighted by atomic mass is 9.96. The van der Waals surface area contributed by atoms with Gasteiger partial charge < -0.3 is 0 Å². The van der Waals surface area contributed by atoms with Crippen molar-refractivity contribution >= 4 is 0 Å². The van der Waals surface area contributed by atoms with Crippen LogP contribution in [0.25, 0.3) is 0 Å². The van der Waals surface area contributed by atoms with Gasteiger partial charge in [-0.1, -0.05) is 20.8 Å². The summed E-state index contributed by atoms with van der Waals surface area (Å²) in [5.74, 6) is 4.03. The number of hydrogen-bond donors (Lipinski definition) is 0. The normalized spacial score (nSPS) is 13.2. The summed E-state index contributed by atoms with van der Waals surface area (Å²) in [7, 11) is 0. The summed E-state index contributed by atoms with van der Waals surface area (Å²) in [5, 5.41) is 0. The molecule has 0 rings (SSSR count). The SMILES string of the molecule is C#CC(CC)CC(C)C. The highest BCUT2D eigenvalue weighted by atomic mass is 14.1. The molecule has 0 radical (unpaired) electrons. The van der Waals surface area contributed by atoms with E-state index >= 15 is 0 Å². The van der Waals surface area contributed by atoms with E-state index < -0.39 is 0 Å². The van der Waals surface area contributed by atoms with E-state index in [1.165, 1.54) is 6.42 Å². The van der Waals surface area contributed by atoms with E-state index in [9.17, 15) is 0 Å². The maximum absolute atomic E-state index is 5.28. The molecule has 9 heavy (non-hydrogen) atoms. The zero-order chi connectivity index (χ0) is 7.28. The van der Waals surface area contributed by atoms with Crippen LogP contribution in [0.5, 0.6) is 0 Å². The first kappa shape index (κ1) is 8.56. The average molecular weight is 124 g/mol. The second-order valence-corrected chi connectivity index (χ2v) is 2.90. The van der Waals surface area contributed by atoms with Crippen molar-refractivity contribution in [2.45, 2.75) is 33.6 Å². The third-order valence-corrected chi connectivity index (χ3v) is 1.48. The molecule has 0 fully saturated rings. The van der Waals surface area contributed by atoms with Crippen molar-refractivity contribution in [2.24, 2.45) is 11.8 Å². The molecule has 0 aliphatic heterocycles. The van der Waals surface area contributed by atoms with Crippen LogP contribution in [0.15, 0.2) is 0 Å². The first-order chi connectivity index (χ1) is 4.20. The fourth-order valence-electron chi connectivity index (χ4n) is 0.922. The monoisotopic (exact) mass is 124 g/mol. The summed E-state index contributed by atoms with van der Waals surface area (Å²) >= 11 is 0. The van der Waals surface area contributed by atoms with Gasteiger partial charge in [-0.15, -0.1) is 12.3 Å². The molecule has 0 heterocycles. The molecule has 0 aromatic rings. The fourth-order valence-corrected chi connectivity index (χ4v) is 0.922. The van der Waals surface area contributed by atoms with Gasteiger partial charge in [0, 0.05) is 5.92 Å². The van der Waals surface area contributed by atoms with Crippen LogP contribution in [0, 0.1) is 24.2 Å². The maximum atomic E-state index is 5.28. The summed E-state index contributed by atoms with van der Waals surface area (Å²) in [6.45, 7) is 6.56. The minimum absolute atomic E-state index is 0.505. The van der Waals surface area contributed by atoms with Crippen molar-refractivity contribution in [2.75, 3.05) is 0 Å². The van der Waals surface area contributed by atoms with Crippen molar-refractivity contribution in [3.8, 4) is 12.3 Å². The minimum atomic E-state index is 0.505. The Bertz CT molecular complexity index is 95.1. The number of terminal acetylenes is 1. The summed E-state index contributed by atoms with van der Waals surface area (Å²) in [4.78, 5) is 0. The summed E-state index contributed by atoms with van der Waals surface area (Å²) in [5.41, 5.74) is 0. The Kier molecular flexibility index (Phi) is 4.22. The van der Waals surface area contributed by atoms with Crippen molar-refractivity contribution < 1.29 is 0 Å². The van der Waals surface area contributed by atoms with Gasteiger partial charge in [0.05, 0.1) is 0 Å². The molecular formula is C9H16. The van der Waals surface area contributed by atoms with E-state index in [1.807, 2.05) is 0 Å². The van der Waals surface area contributed by atoms with Gasteiger partial charge in [0.25, 0.3) is 0 Å². The Hall–Kier alpha value is -0.440. The Morgan fingerprint density at radius 2 is 2.00 bits per heavy atom. The molecule has 0 saturated carbocycles. The number of hydrogen-bond acceptors (Lipinski definition) is 0. The lowest BCUT2D eigenvalue weighted by Crippen LogP contribution is -1.99. The standard InChI is InChI=1S/C9H16/c1-5-9(6-2)7-8(3)4/h1,8-9H,6-7H2,2-4H3. The molecule has 52 valence electrons. The molecule has 0 N–H and O–H groups in total. The molecule has 0 saturated heterocycles. The second kappa shape index (κ2) is 4.44. The van der Waals surface area contributed by atoms with Crippen LogP contribution < -0.4 is 0 Å². The lowest BCUT2D eigenvalue weighted by molar-refractivity contribution is 0.477. The largest absolute Gasteiger partial charge is 0.120 e. The zero-order valence-corrected chi connectivity index (χ0v) is 6.65. The van der Waals surface area contributed by atoms with Gasteiger partial charge in [0.1, 0.15) is 0 Å². The molecule has 0 nitrogen and oxygen atoms in total. The summed E-state index contributed by atoms with van der Waals surface area (Å²) in [6, 6.07) is 0. The summed E-state index contributed by atoms with van der Waals surface area (Å²) in [6.07, 6.45) is 7.57. The van der Waals surface area contributed by atoms with Crippen LogP contribution >= 0.6 is 0 Å². The molecule has 0 spiro atoms. The van der Waals surface area contributed by atoms with Crippen LogP contribution in [0.2, 0.25) is 0 Å². The Labute approximate surface area is 58.7 Å². The van der Waals surface area contributed by atoms with E-state index in [4.69, 9.17) is 6.42 Å². The Morgan fingerprint density at radius 1 is 1.44 bits per heavy atom. The molecule has 0 amide bonds. The number of rotatable bonds is 3. The second-order valence-electron chi connectivity index (χ2n) is 2.90. The first-order valence-corrected chi connectivity index (χ1v) is 3.66. The quantitative estimate of drug-likeness (QED) is 0.507. The maximum Gasteiger partial charge on any atom is 0.0200 e. The molecule has 0 aromatic carbocycles. The van der Waals surface area contributed by atoms with Gasteiger partial charge in [-0.3, -0.25) is 0 Å². The molecule has 1 atom stereocenters. The van der Waals surface area contributed by atoms with Crippen molar-refractivity contribution in [1.82, 2.24) is 0 Å². The molecule has 1 unspecified atom stereocenters. The topological polar surface area (TPSA) is 0 Å². The van der Waals surface area contributed by atoms with Gasteiger partial charge in [0.15, 0.2) is 0 Å². The first-order valence-electron chi connectivity index (χ1n) is 3.66. The average Bonchev–Trinajstić information content (AvgIpc) is 1.82. The molecule has 0 bridgehead atoms. The smallest absolute Gasteiger partial charge is 0.0200 e. The highest BCUT2D eigenvalue weighted by Gasteiger charge is 2.03. The van der Waals surface area contributed by atoms with E-state index in [1.54, 1.807) is 0 Å². The van der Waals surface area contributed by atoms with Gasteiger partial charge in [-0.25, -0.2) is 0 Å².